The van der Waals surface area contributed by atoms with Gasteiger partial charge < -0.3 is 9.47 Å². The average Bonchev–Trinajstić information content (AvgIpc) is 2.46. The first kappa shape index (κ1) is 12.5. The van der Waals surface area contributed by atoms with Gasteiger partial charge in [0.05, 0.1) is 12.2 Å². The summed E-state index contributed by atoms with van der Waals surface area (Å²) in [5, 5.41) is 0. The van der Waals surface area contributed by atoms with Crippen LogP contribution in [-0.2, 0) is 14.3 Å². The van der Waals surface area contributed by atoms with Gasteiger partial charge in [-0.05, 0) is 11.8 Å². The molecule has 3 atom stereocenters. The molecule has 0 bridgehead atoms. The molecule has 3 unspecified atom stereocenters. The largest absolute Gasteiger partial charge is 0.460 e. The zero-order chi connectivity index (χ0) is 11.6. The molecule has 1 rings (SSSR count). The van der Waals surface area contributed by atoms with Gasteiger partial charge in [-0.15, -0.1) is 0 Å². The van der Waals surface area contributed by atoms with Crippen molar-refractivity contribution in [3.63, 3.8) is 0 Å². The lowest BCUT2D eigenvalue weighted by atomic mass is 9.98. The van der Waals surface area contributed by atoms with Gasteiger partial charge in [-0.1, -0.05) is 27.7 Å². The molecule has 1 aliphatic heterocycles. The smallest absolute Gasteiger partial charge is 0.302 e. The maximum atomic E-state index is 11.0. The summed E-state index contributed by atoms with van der Waals surface area (Å²) in [5.41, 5.74) is 0. The Hall–Kier alpha value is -0.570. The minimum atomic E-state index is -0.210. The van der Waals surface area contributed by atoms with E-state index in [-0.39, 0.29) is 24.3 Å². The molecule has 0 aromatic heterocycles. The van der Waals surface area contributed by atoms with Gasteiger partial charge >= 0.3 is 5.97 Å². The van der Waals surface area contributed by atoms with Gasteiger partial charge in [-0.2, -0.15) is 0 Å². The fourth-order valence-corrected chi connectivity index (χ4v) is 2.05. The molecule has 88 valence electrons. The maximum Gasteiger partial charge on any atom is 0.302 e. The van der Waals surface area contributed by atoms with Gasteiger partial charge in [0.15, 0.2) is 0 Å². The third-order valence-electron chi connectivity index (χ3n) is 2.88. The first-order valence-electron chi connectivity index (χ1n) is 5.74. The lowest BCUT2D eigenvalue weighted by Gasteiger charge is -2.21. The fourth-order valence-electron chi connectivity index (χ4n) is 2.05. The Morgan fingerprint density at radius 1 is 1.27 bits per heavy atom. The molecule has 0 aliphatic carbocycles. The second kappa shape index (κ2) is 4.97. The molecule has 1 heterocycles. The molecular formula is C12H22O3. The molecule has 1 aliphatic rings. The van der Waals surface area contributed by atoms with E-state index >= 15 is 0 Å². The van der Waals surface area contributed by atoms with Crippen molar-refractivity contribution >= 4 is 5.97 Å². The van der Waals surface area contributed by atoms with E-state index < -0.39 is 0 Å². The Balaban J connectivity index is 2.63. The van der Waals surface area contributed by atoms with E-state index in [0.717, 1.165) is 6.42 Å². The molecule has 0 aromatic rings. The van der Waals surface area contributed by atoms with Crippen molar-refractivity contribution in [3.05, 3.63) is 0 Å². The summed E-state index contributed by atoms with van der Waals surface area (Å²) in [6.45, 7) is 9.93. The van der Waals surface area contributed by atoms with Crippen LogP contribution in [0.25, 0.3) is 0 Å². The Morgan fingerprint density at radius 3 is 2.27 bits per heavy atom. The highest BCUT2D eigenvalue weighted by Crippen LogP contribution is 2.31. The van der Waals surface area contributed by atoms with Crippen molar-refractivity contribution < 1.29 is 14.3 Å². The summed E-state index contributed by atoms with van der Waals surface area (Å²) >= 11 is 0. The van der Waals surface area contributed by atoms with Crippen molar-refractivity contribution in [2.24, 2.45) is 11.8 Å². The first-order chi connectivity index (χ1) is 6.91. The van der Waals surface area contributed by atoms with Crippen LogP contribution >= 0.6 is 0 Å². The fraction of sp³-hybridized carbons (Fsp3) is 0.917. The molecule has 1 fully saturated rings. The van der Waals surface area contributed by atoms with Crippen LogP contribution in [0.2, 0.25) is 0 Å². The Kier molecular flexibility index (Phi) is 4.14. The van der Waals surface area contributed by atoms with E-state index in [1.807, 2.05) is 0 Å². The summed E-state index contributed by atoms with van der Waals surface area (Å²) < 4.78 is 11.2. The standard InChI is InChI=1S/C12H22O3/c1-7(2)10-6-11(14-9(5)13)12(15-10)8(3)4/h7-8,10-12H,6H2,1-5H3. The summed E-state index contributed by atoms with van der Waals surface area (Å²) in [4.78, 5) is 11.0. The van der Waals surface area contributed by atoms with E-state index in [1.165, 1.54) is 6.92 Å². The van der Waals surface area contributed by atoms with Gasteiger partial charge in [0.25, 0.3) is 0 Å². The molecule has 0 spiro atoms. The number of esters is 1. The van der Waals surface area contributed by atoms with Crippen LogP contribution in [0.5, 0.6) is 0 Å². The second-order valence-corrected chi connectivity index (χ2v) is 5.01. The van der Waals surface area contributed by atoms with Crippen molar-refractivity contribution in [3.8, 4) is 0 Å². The predicted molar refractivity (Wildman–Crippen MR) is 58.5 cm³/mol. The minimum Gasteiger partial charge on any atom is -0.460 e. The van der Waals surface area contributed by atoms with Crippen LogP contribution in [0.3, 0.4) is 0 Å². The number of hydrogen-bond acceptors (Lipinski definition) is 3. The highest BCUT2D eigenvalue weighted by molar-refractivity contribution is 5.66. The Bertz CT molecular complexity index is 223. The summed E-state index contributed by atoms with van der Waals surface area (Å²) in [6.07, 6.45) is 1.05. The Morgan fingerprint density at radius 2 is 1.87 bits per heavy atom. The van der Waals surface area contributed by atoms with Gasteiger partial charge in [0.1, 0.15) is 6.10 Å². The van der Waals surface area contributed by atoms with Crippen molar-refractivity contribution in [1.82, 2.24) is 0 Å². The lowest BCUT2D eigenvalue weighted by molar-refractivity contribution is -0.150. The zero-order valence-electron chi connectivity index (χ0n) is 10.3. The molecule has 1 saturated heterocycles. The first-order valence-corrected chi connectivity index (χ1v) is 5.74. The van der Waals surface area contributed by atoms with Gasteiger partial charge in [-0.25, -0.2) is 0 Å². The van der Waals surface area contributed by atoms with Crippen molar-refractivity contribution in [2.45, 2.75) is 59.4 Å². The van der Waals surface area contributed by atoms with Crippen LogP contribution in [0.4, 0.5) is 0 Å². The number of hydrogen-bond donors (Lipinski definition) is 0. The molecule has 15 heavy (non-hydrogen) atoms. The quantitative estimate of drug-likeness (QED) is 0.677. The zero-order valence-corrected chi connectivity index (χ0v) is 10.3. The minimum absolute atomic E-state index is 0.0568. The van der Waals surface area contributed by atoms with Crippen LogP contribution < -0.4 is 0 Å². The molecular weight excluding hydrogens is 192 g/mol. The highest BCUT2D eigenvalue weighted by Gasteiger charge is 2.40. The maximum absolute atomic E-state index is 11.0. The van der Waals surface area contributed by atoms with Crippen LogP contribution in [0, 0.1) is 11.8 Å². The molecule has 0 N–H and O–H groups in total. The van der Waals surface area contributed by atoms with Crippen LogP contribution in [0.15, 0.2) is 0 Å². The van der Waals surface area contributed by atoms with E-state index in [0.29, 0.717) is 11.8 Å². The van der Waals surface area contributed by atoms with E-state index in [2.05, 4.69) is 27.7 Å². The van der Waals surface area contributed by atoms with Crippen LogP contribution in [-0.4, -0.2) is 24.3 Å². The summed E-state index contributed by atoms with van der Waals surface area (Å²) in [5.74, 6) is 0.656. The second-order valence-electron chi connectivity index (χ2n) is 5.01. The van der Waals surface area contributed by atoms with Crippen molar-refractivity contribution in [2.75, 3.05) is 0 Å². The van der Waals surface area contributed by atoms with Crippen molar-refractivity contribution in [1.29, 1.82) is 0 Å². The van der Waals surface area contributed by atoms with Gasteiger partial charge in [-0.3, -0.25) is 4.79 Å². The lowest BCUT2D eigenvalue weighted by Crippen LogP contribution is -2.30. The molecule has 3 nitrogen and oxygen atoms in total. The number of carbonyl (C=O) groups excluding carboxylic acids is 1. The molecule has 0 aromatic carbocycles. The van der Waals surface area contributed by atoms with Gasteiger partial charge in [0, 0.05) is 13.3 Å². The third kappa shape index (κ3) is 3.20. The summed E-state index contributed by atoms with van der Waals surface area (Å²) in [6, 6.07) is 0. The SMILES string of the molecule is CC(=O)OC1CC(C(C)C)OC1C(C)C. The molecule has 0 radical (unpaired) electrons. The molecule has 0 amide bonds. The number of rotatable bonds is 3. The third-order valence-corrected chi connectivity index (χ3v) is 2.88. The topological polar surface area (TPSA) is 35.5 Å². The van der Waals surface area contributed by atoms with E-state index in [1.54, 1.807) is 0 Å². The Labute approximate surface area is 92.1 Å². The normalized spacial score (nSPS) is 31.3. The number of carbonyl (C=O) groups is 1. The summed E-state index contributed by atoms with van der Waals surface area (Å²) in [7, 11) is 0. The van der Waals surface area contributed by atoms with Crippen LogP contribution in [0.1, 0.15) is 41.0 Å². The average molecular weight is 214 g/mol. The molecule has 3 heteroatoms. The van der Waals surface area contributed by atoms with E-state index in [4.69, 9.17) is 9.47 Å². The van der Waals surface area contributed by atoms with Gasteiger partial charge in [0.2, 0.25) is 0 Å². The molecule has 0 saturated carbocycles. The highest BCUT2D eigenvalue weighted by atomic mass is 16.6. The monoisotopic (exact) mass is 214 g/mol. The van der Waals surface area contributed by atoms with E-state index in [9.17, 15) is 4.79 Å². The number of ether oxygens (including phenoxy) is 2. The predicted octanol–water partition coefficient (Wildman–Crippen LogP) is 2.39.